The molecule has 0 spiro atoms. The predicted molar refractivity (Wildman–Crippen MR) is 87.3 cm³/mol. The third-order valence-corrected chi connectivity index (χ3v) is 4.10. The van der Waals surface area contributed by atoms with E-state index in [1.54, 1.807) is 22.8 Å². The molecule has 3 rings (SSSR count). The molecule has 0 amide bonds. The minimum Gasteiger partial charge on any atom is -0.274 e. The molecule has 22 heavy (non-hydrogen) atoms. The number of benzene rings is 1. The Balaban J connectivity index is 2.30. The summed E-state index contributed by atoms with van der Waals surface area (Å²) in [6, 6.07) is 5.33. The smallest absolute Gasteiger partial charge is 0.236 e. The minimum atomic E-state index is -0.0783. The van der Waals surface area contributed by atoms with Crippen molar-refractivity contribution in [1.82, 2.24) is 19.5 Å². The zero-order valence-corrected chi connectivity index (χ0v) is 13.6. The van der Waals surface area contributed by atoms with Crippen molar-refractivity contribution in [2.45, 2.75) is 33.6 Å². The Labute approximate surface area is 133 Å². The Morgan fingerprint density at radius 3 is 2.68 bits per heavy atom. The fourth-order valence-electron chi connectivity index (χ4n) is 2.39. The van der Waals surface area contributed by atoms with E-state index >= 15 is 0 Å². The number of imidazole rings is 1. The van der Waals surface area contributed by atoms with Crippen LogP contribution < -0.4 is 0 Å². The molecule has 0 aliphatic heterocycles. The molecule has 0 bridgehead atoms. The molecule has 0 aliphatic carbocycles. The van der Waals surface area contributed by atoms with Crippen molar-refractivity contribution in [3.8, 4) is 0 Å². The first-order chi connectivity index (χ1) is 10.5. The van der Waals surface area contributed by atoms with Gasteiger partial charge < -0.3 is 0 Å². The Kier molecular flexibility index (Phi) is 3.83. The molecule has 1 unspecified atom stereocenters. The van der Waals surface area contributed by atoms with Crippen LogP contribution in [0.3, 0.4) is 0 Å². The van der Waals surface area contributed by atoms with Crippen molar-refractivity contribution in [2.24, 2.45) is 5.92 Å². The van der Waals surface area contributed by atoms with Gasteiger partial charge in [-0.25, -0.2) is 19.5 Å². The van der Waals surface area contributed by atoms with Crippen LogP contribution in [0.25, 0.3) is 22.3 Å². The Morgan fingerprint density at radius 1 is 1.23 bits per heavy atom. The van der Waals surface area contributed by atoms with Crippen molar-refractivity contribution < 1.29 is 4.79 Å². The van der Waals surface area contributed by atoms with Crippen LogP contribution in [-0.2, 0) is 6.42 Å². The van der Waals surface area contributed by atoms with Crippen LogP contribution in [0.4, 0.5) is 0 Å². The average Bonchev–Trinajstić information content (AvgIpc) is 2.88. The number of carbonyl (C=O) groups is 1. The third-order valence-electron chi connectivity index (χ3n) is 3.87. The van der Waals surface area contributed by atoms with E-state index in [0.717, 1.165) is 6.42 Å². The molecule has 5 nitrogen and oxygen atoms in total. The molecule has 0 fully saturated rings. The predicted octanol–water partition coefficient (Wildman–Crippen LogP) is 3.88. The summed E-state index contributed by atoms with van der Waals surface area (Å²) in [5.41, 5.74) is 2.40. The number of hydrogen-bond acceptors (Lipinski definition) is 4. The van der Waals surface area contributed by atoms with Gasteiger partial charge in [-0.15, -0.1) is 0 Å². The second kappa shape index (κ2) is 5.65. The summed E-state index contributed by atoms with van der Waals surface area (Å²) in [5.74, 6) is 0.636. The maximum atomic E-state index is 12.7. The van der Waals surface area contributed by atoms with Gasteiger partial charge in [0.25, 0.3) is 0 Å². The van der Waals surface area contributed by atoms with Gasteiger partial charge in [-0.1, -0.05) is 32.4 Å². The summed E-state index contributed by atoms with van der Waals surface area (Å²) in [7, 11) is 0. The zero-order chi connectivity index (χ0) is 15.9. The van der Waals surface area contributed by atoms with Crippen molar-refractivity contribution in [3.05, 3.63) is 29.0 Å². The van der Waals surface area contributed by atoms with Gasteiger partial charge in [0, 0.05) is 17.4 Å². The number of halogens is 1. The largest absolute Gasteiger partial charge is 0.274 e. The molecular formula is C16H17ClN4O. The van der Waals surface area contributed by atoms with E-state index in [2.05, 4.69) is 15.0 Å². The summed E-state index contributed by atoms with van der Waals surface area (Å²) >= 11 is 6.00. The fraction of sp³-hybridized carbons (Fsp3) is 0.375. The van der Waals surface area contributed by atoms with E-state index in [4.69, 9.17) is 11.6 Å². The SMILES string of the molecule is CCc1nc2nc3cc(Cl)ccc3nc2n1C(=O)C(C)CC. The van der Waals surface area contributed by atoms with E-state index < -0.39 is 0 Å². The average molecular weight is 317 g/mol. The van der Waals surface area contributed by atoms with E-state index in [1.807, 2.05) is 20.8 Å². The second-order valence-corrected chi connectivity index (χ2v) is 5.80. The van der Waals surface area contributed by atoms with Crippen molar-refractivity contribution in [2.75, 3.05) is 0 Å². The first-order valence-electron chi connectivity index (χ1n) is 7.44. The number of fused-ring (bicyclic) bond motifs is 2. The molecule has 6 heteroatoms. The number of carbonyl (C=O) groups excluding carboxylic acids is 1. The highest BCUT2D eigenvalue weighted by molar-refractivity contribution is 6.31. The Bertz CT molecular complexity index is 871. The standard InChI is InChI=1S/C16H17ClN4O/c1-4-9(3)16(22)21-13(5-2)20-14-15(21)19-11-7-6-10(17)8-12(11)18-14/h6-9H,4-5H2,1-3H3. The van der Waals surface area contributed by atoms with Crippen LogP contribution in [-0.4, -0.2) is 25.4 Å². The van der Waals surface area contributed by atoms with Crippen LogP contribution in [0.2, 0.25) is 5.02 Å². The van der Waals surface area contributed by atoms with E-state index in [9.17, 15) is 4.79 Å². The number of hydrogen-bond donors (Lipinski definition) is 0. The summed E-state index contributed by atoms with van der Waals surface area (Å²) in [5, 5.41) is 0.604. The van der Waals surface area contributed by atoms with Gasteiger partial charge in [-0.2, -0.15) is 0 Å². The van der Waals surface area contributed by atoms with Gasteiger partial charge in [0.1, 0.15) is 5.82 Å². The van der Waals surface area contributed by atoms with Crippen molar-refractivity contribution >= 4 is 39.8 Å². The van der Waals surface area contributed by atoms with Gasteiger partial charge >= 0.3 is 0 Å². The van der Waals surface area contributed by atoms with E-state index in [-0.39, 0.29) is 11.8 Å². The lowest BCUT2D eigenvalue weighted by molar-refractivity contribution is 0.0843. The van der Waals surface area contributed by atoms with Crippen LogP contribution in [0, 0.1) is 5.92 Å². The molecule has 2 aromatic heterocycles. The van der Waals surface area contributed by atoms with E-state index in [0.29, 0.717) is 39.6 Å². The Morgan fingerprint density at radius 2 is 2.00 bits per heavy atom. The highest BCUT2D eigenvalue weighted by Crippen LogP contribution is 2.22. The molecular weight excluding hydrogens is 300 g/mol. The van der Waals surface area contributed by atoms with Crippen LogP contribution >= 0.6 is 11.6 Å². The Hall–Kier alpha value is -2.01. The first kappa shape index (κ1) is 14.9. The lowest BCUT2D eigenvalue weighted by Gasteiger charge is -2.10. The maximum Gasteiger partial charge on any atom is 0.236 e. The van der Waals surface area contributed by atoms with Crippen LogP contribution in [0.1, 0.15) is 37.8 Å². The molecule has 1 aromatic carbocycles. The molecule has 0 N–H and O–H groups in total. The fourth-order valence-corrected chi connectivity index (χ4v) is 2.56. The van der Waals surface area contributed by atoms with Crippen LogP contribution in [0.5, 0.6) is 0 Å². The van der Waals surface area contributed by atoms with E-state index in [1.165, 1.54) is 0 Å². The molecule has 1 atom stereocenters. The monoisotopic (exact) mass is 316 g/mol. The van der Waals surface area contributed by atoms with Gasteiger partial charge in [0.15, 0.2) is 11.3 Å². The number of aromatic nitrogens is 4. The van der Waals surface area contributed by atoms with Crippen molar-refractivity contribution in [3.63, 3.8) is 0 Å². The molecule has 2 heterocycles. The van der Waals surface area contributed by atoms with Gasteiger partial charge in [-0.05, 0) is 24.6 Å². The molecule has 0 radical (unpaired) electrons. The third kappa shape index (κ3) is 2.35. The lowest BCUT2D eigenvalue weighted by Crippen LogP contribution is -2.21. The van der Waals surface area contributed by atoms with Crippen molar-refractivity contribution in [1.29, 1.82) is 0 Å². The summed E-state index contributed by atoms with van der Waals surface area (Å²) < 4.78 is 1.62. The van der Waals surface area contributed by atoms with Gasteiger partial charge in [-0.3, -0.25) is 4.79 Å². The molecule has 0 aliphatic rings. The summed E-state index contributed by atoms with van der Waals surface area (Å²) in [6.07, 6.45) is 1.43. The quantitative estimate of drug-likeness (QED) is 0.735. The van der Waals surface area contributed by atoms with Gasteiger partial charge in [0.05, 0.1) is 11.0 Å². The molecule has 114 valence electrons. The topological polar surface area (TPSA) is 60.7 Å². The number of nitrogens with zero attached hydrogens (tertiary/aromatic N) is 4. The maximum absolute atomic E-state index is 12.7. The minimum absolute atomic E-state index is 0.0180. The number of aryl methyl sites for hydroxylation is 1. The lowest BCUT2D eigenvalue weighted by atomic mass is 10.1. The highest BCUT2D eigenvalue weighted by atomic mass is 35.5. The normalized spacial score (nSPS) is 12.9. The molecule has 0 saturated heterocycles. The van der Waals surface area contributed by atoms with Crippen LogP contribution in [0.15, 0.2) is 18.2 Å². The number of rotatable bonds is 3. The van der Waals surface area contributed by atoms with Gasteiger partial charge in [0.2, 0.25) is 5.91 Å². The zero-order valence-electron chi connectivity index (χ0n) is 12.8. The summed E-state index contributed by atoms with van der Waals surface area (Å²) in [6.45, 7) is 5.89. The first-order valence-corrected chi connectivity index (χ1v) is 7.81. The summed E-state index contributed by atoms with van der Waals surface area (Å²) in [4.78, 5) is 26.2. The highest BCUT2D eigenvalue weighted by Gasteiger charge is 2.22. The molecule has 3 aromatic rings. The second-order valence-electron chi connectivity index (χ2n) is 5.37. The molecule has 0 saturated carbocycles.